The summed E-state index contributed by atoms with van der Waals surface area (Å²) in [5, 5.41) is 4.08. The fraction of sp³-hybridized carbons (Fsp3) is 0.235. The second kappa shape index (κ2) is 6.53. The lowest BCUT2D eigenvalue weighted by Crippen LogP contribution is -2.35. The summed E-state index contributed by atoms with van der Waals surface area (Å²) in [6, 6.07) is 16.5. The fourth-order valence-corrected chi connectivity index (χ4v) is 2.52. The maximum Gasteiger partial charge on any atom is 0.177 e. The summed E-state index contributed by atoms with van der Waals surface area (Å²) in [6.07, 6.45) is 0. The molecule has 2 nitrogen and oxygen atoms in total. The Hall–Kier alpha value is -1.87. The number of anilines is 2. The Morgan fingerprint density at radius 2 is 1.60 bits per heavy atom. The third kappa shape index (κ3) is 3.17. The van der Waals surface area contributed by atoms with Crippen molar-refractivity contribution >= 4 is 28.7 Å². The van der Waals surface area contributed by atoms with E-state index in [2.05, 4.69) is 49.2 Å². The summed E-state index contributed by atoms with van der Waals surface area (Å²) < 4.78 is 0. The topological polar surface area (TPSA) is 15.3 Å². The van der Waals surface area contributed by atoms with Crippen LogP contribution >= 0.6 is 12.2 Å². The first-order chi connectivity index (χ1) is 9.63. The molecule has 104 valence electrons. The molecule has 3 heteroatoms. The lowest BCUT2D eigenvalue weighted by molar-refractivity contribution is 1.06. The third-order valence-electron chi connectivity index (χ3n) is 3.35. The molecule has 0 saturated heterocycles. The smallest absolute Gasteiger partial charge is 0.177 e. The van der Waals surface area contributed by atoms with Crippen LogP contribution in [0.3, 0.4) is 0 Å². The van der Waals surface area contributed by atoms with E-state index in [0.29, 0.717) is 0 Å². The molecule has 0 aliphatic carbocycles. The Bertz CT molecular complexity index is 607. The standard InChI is InChI=1S/C17H20N2S/c1-4-19(16-12-8-6-10-14(16)3)17(20)18-15-11-7-5-9-13(15)2/h5-12H,4H2,1-3H3,(H,18,20). The summed E-state index contributed by atoms with van der Waals surface area (Å²) in [5.74, 6) is 0. The number of nitrogens with zero attached hydrogens (tertiary/aromatic N) is 1. The van der Waals surface area contributed by atoms with E-state index in [-0.39, 0.29) is 0 Å². The number of rotatable bonds is 3. The molecule has 20 heavy (non-hydrogen) atoms. The van der Waals surface area contributed by atoms with E-state index in [0.717, 1.165) is 23.0 Å². The van der Waals surface area contributed by atoms with Crippen molar-refractivity contribution in [1.82, 2.24) is 0 Å². The van der Waals surface area contributed by atoms with Crippen molar-refractivity contribution in [1.29, 1.82) is 0 Å². The van der Waals surface area contributed by atoms with Gasteiger partial charge >= 0.3 is 0 Å². The molecule has 0 bridgehead atoms. The van der Waals surface area contributed by atoms with Gasteiger partial charge in [-0.05, 0) is 56.2 Å². The van der Waals surface area contributed by atoms with Crippen molar-refractivity contribution in [2.45, 2.75) is 20.8 Å². The minimum atomic E-state index is 0.733. The van der Waals surface area contributed by atoms with E-state index >= 15 is 0 Å². The van der Waals surface area contributed by atoms with Gasteiger partial charge in [-0.25, -0.2) is 0 Å². The average molecular weight is 284 g/mol. The first-order valence-corrected chi connectivity index (χ1v) is 7.24. The summed E-state index contributed by atoms with van der Waals surface area (Å²) in [6.45, 7) is 7.13. The number of hydrogen-bond donors (Lipinski definition) is 1. The normalized spacial score (nSPS) is 10.2. The first-order valence-electron chi connectivity index (χ1n) is 6.83. The highest BCUT2D eigenvalue weighted by atomic mass is 32.1. The van der Waals surface area contributed by atoms with Crippen LogP contribution in [0.25, 0.3) is 0 Å². The van der Waals surface area contributed by atoms with Crippen molar-refractivity contribution in [2.75, 3.05) is 16.8 Å². The van der Waals surface area contributed by atoms with Crippen molar-refractivity contribution in [3.63, 3.8) is 0 Å². The SMILES string of the molecule is CCN(C(=S)Nc1ccccc1C)c1ccccc1C. The van der Waals surface area contributed by atoms with Crippen LogP contribution in [0, 0.1) is 13.8 Å². The zero-order valence-corrected chi connectivity index (χ0v) is 13.0. The van der Waals surface area contributed by atoms with E-state index in [4.69, 9.17) is 12.2 Å². The predicted molar refractivity (Wildman–Crippen MR) is 91.6 cm³/mol. The van der Waals surface area contributed by atoms with Gasteiger partial charge in [0.05, 0.1) is 0 Å². The van der Waals surface area contributed by atoms with Crippen molar-refractivity contribution in [3.8, 4) is 0 Å². The van der Waals surface area contributed by atoms with Gasteiger partial charge in [0.1, 0.15) is 0 Å². The number of hydrogen-bond acceptors (Lipinski definition) is 1. The molecular weight excluding hydrogens is 264 g/mol. The van der Waals surface area contributed by atoms with Crippen LogP contribution in [0.5, 0.6) is 0 Å². The van der Waals surface area contributed by atoms with Gasteiger partial charge in [0, 0.05) is 17.9 Å². The highest BCUT2D eigenvalue weighted by molar-refractivity contribution is 7.80. The minimum absolute atomic E-state index is 0.733. The Kier molecular flexibility index (Phi) is 4.74. The largest absolute Gasteiger partial charge is 0.332 e. The van der Waals surface area contributed by atoms with Gasteiger partial charge in [0.2, 0.25) is 0 Å². The molecular formula is C17H20N2S. The van der Waals surface area contributed by atoms with Crippen LogP contribution < -0.4 is 10.2 Å². The minimum Gasteiger partial charge on any atom is -0.332 e. The van der Waals surface area contributed by atoms with E-state index in [1.165, 1.54) is 11.1 Å². The predicted octanol–water partition coefficient (Wildman–Crippen LogP) is 4.53. The summed E-state index contributed by atoms with van der Waals surface area (Å²) in [7, 11) is 0. The molecule has 0 heterocycles. The molecule has 0 aliphatic rings. The highest BCUT2D eigenvalue weighted by Gasteiger charge is 2.12. The van der Waals surface area contributed by atoms with Crippen molar-refractivity contribution in [3.05, 3.63) is 59.7 Å². The molecule has 0 aromatic heterocycles. The summed E-state index contributed by atoms with van der Waals surface area (Å²) in [4.78, 5) is 2.12. The zero-order valence-electron chi connectivity index (χ0n) is 12.2. The van der Waals surface area contributed by atoms with Gasteiger partial charge in [-0.3, -0.25) is 0 Å². The molecule has 0 atom stereocenters. The summed E-state index contributed by atoms with van der Waals surface area (Å²) >= 11 is 5.57. The first kappa shape index (κ1) is 14.5. The number of thiocarbonyl (C=S) groups is 1. The van der Waals surface area contributed by atoms with Crippen LogP contribution in [-0.4, -0.2) is 11.7 Å². The fourth-order valence-electron chi connectivity index (χ4n) is 2.19. The number of benzene rings is 2. The second-order valence-electron chi connectivity index (χ2n) is 4.78. The van der Waals surface area contributed by atoms with Crippen LogP contribution in [0.4, 0.5) is 11.4 Å². The van der Waals surface area contributed by atoms with Crippen molar-refractivity contribution in [2.24, 2.45) is 0 Å². The Labute approximate surface area is 126 Å². The Morgan fingerprint density at radius 3 is 2.20 bits per heavy atom. The number of aryl methyl sites for hydroxylation is 2. The molecule has 0 amide bonds. The lowest BCUT2D eigenvalue weighted by atomic mass is 10.2. The third-order valence-corrected chi connectivity index (χ3v) is 3.68. The van der Waals surface area contributed by atoms with Crippen molar-refractivity contribution < 1.29 is 0 Å². The Balaban J connectivity index is 2.23. The van der Waals surface area contributed by atoms with E-state index < -0.39 is 0 Å². The molecule has 0 saturated carbocycles. The summed E-state index contributed by atoms with van der Waals surface area (Å²) in [5.41, 5.74) is 4.63. The van der Waals surface area contributed by atoms with Crippen LogP contribution in [-0.2, 0) is 0 Å². The average Bonchev–Trinajstić information content (AvgIpc) is 2.44. The Morgan fingerprint density at radius 1 is 1.00 bits per heavy atom. The number of nitrogens with one attached hydrogen (secondary N) is 1. The van der Waals surface area contributed by atoms with Gasteiger partial charge in [-0.15, -0.1) is 0 Å². The zero-order chi connectivity index (χ0) is 14.5. The lowest BCUT2D eigenvalue weighted by Gasteiger charge is -2.26. The molecule has 2 rings (SSSR count). The van der Waals surface area contributed by atoms with Gasteiger partial charge in [0.15, 0.2) is 5.11 Å². The van der Waals surface area contributed by atoms with Crippen LogP contribution in [0.2, 0.25) is 0 Å². The molecule has 2 aromatic rings. The van der Waals surface area contributed by atoms with Gasteiger partial charge in [-0.2, -0.15) is 0 Å². The van der Waals surface area contributed by atoms with Gasteiger partial charge < -0.3 is 10.2 Å². The van der Waals surface area contributed by atoms with Gasteiger partial charge in [-0.1, -0.05) is 36.4 Å². The molecule has 0 fully saturated rings. The maximum atomic E-state index is 5.57. The number of para-hydroxylation sites is 2. The van der Waals surface area contributed by atoms with E-state index in [1.54, 1.807) is 0 Å². The molecule has 0 radical (unpaired) electrons. The monoisotopic (exact) mass is 284 g/mol. The quantitative estimate of drug-likeness (QED) is 0.834. The highest BCUT2D eigenvalue weighted by Crippen LogP contribution is 2.21. The van der Waals surface area contributed by atoms with Gasteiger partial charge in [0.25, 0.3) is 0 Å². The van der Waals surface area contributed by atoms with E-state index in [9.17, 15) is 0 Å². The molecule has 1 N–H and O–H groups in total. The molecule has 2 aromatic carbocycles. The second-order valence-corrected chi connectivity index (χ2v) is 5.16. The van der Waals surface area contributed by atoms with Crippen LogP contribution in [0.1, 0.15) is 18.1 Å². The van der Waals surface area contributed by atoms with Crippen LogP contribution in [0.15, 0.2) is 48.5 Å². The molecule has 0 aliphatic heterocycles. The maximum absolute atomic E-state index is 5.57. The molecule has 0 unspecified atom stereocenters. The van der Waals surface area contributed by atoms with E-state index in [1.807, 2.05) is 30.3 Å². The molecule has 0 spiro atoms.